The van der Waals surface area contributed by atoms with Crippen molar-refractivity contribution in [3.8, 4) is 11.1 Å². The first-order chi connectivity index (χ1) is 14.3. The lowest BCUT2D eigenvalue weighted by atomic mass is 9.78. The second-order valence-corrected chi connectivity index (χ2v) is 10.1. The number of piperidine rings is 1. The zero-order valence-corrected chi connectivity index (χ0v) is 20.3. The molecule has 5 nitrogen and oxygen atoms in total. The first-order valence-electron chi connectivity index (χ1n) is 10.7. The second kappa shape index (κ2) is 8.08. The van der Waals surface area contributed by atoms with Gasteiger partial charge in [0, 0.05) is 30.7 Å². The summed E-state index contributed by atoms with van der Waals surface area (Å²) in [6.45, 7) is 8.97. The van der Waals surface area contributed by atoms with Crippen LogP contribution in [0.3, 0.4) is 0 Å². The van der Waals surface area contributed by atoms with Gasteiger partial charge in [-0.05, 0) is 92.5 Å². The number of nitrogens with zero attached hydrogens (tertiary/aromatic N) is 3. The quantitative estimate of drug-likeness (QED) is 0.406. The van der Waals surface area contributed by atoms with E-state index < -0.39 is 0 Å². The molecule has 3 N–H and O–H groups in total. The number of hydrogen-bond donors (Lipinski definition) is 2. The molecule has 0 spiro atoms. The summed E-state index contributed by atoms with van der Waals surface area (Å²) in [5, 5.41) is 10.2. The molecule has 2 atom stereocenters. The van der Waals surface area contributed by atoms with Crippen molar-refractivity contribution in [1.82, 2.24) is 20.1 Å². The van der Waals surface area contributed by atoms with Gasteiger partial charge in [-0.3, -0.25) is 4.68 Å². The molecule has 1 aliphatic heterocycles. The lowest BCUT2D eigenvalue weighted by molar-refractivity contribution is 0.317. The maximum Gasteiger partial charge on any atom is 0.181 e. The van der Waals surface area contributed by atoms with Gasteiger partial charge in [0.1, 0.15) is 0 Å². The summed E-state index contributed by atoms with van der Waals surface area (Å²) in [6.07, 6.45) is 4.38. The Morgan fingerprint density at radius 1 is 1.10 bits per heavy atom. The smallest absolute Gasteiger partial charge is 0.181 e. The maximum atomic E-state index is 6.11. The fraction of sp³-hybridized carbons (Fsp3) is 0.417. The third-order valence-electron chi connectivity index (χ3n) is 6.47. The second-order valence-electron chi connectivity index (χ2n) is 9.03. The summed E-state index contributed by atoms with van der Waals surface area (Å²) in [7, 11) is 1.98. The summed E-state index contributed by atoms with van der Waals surface area (Å²) in [4.78, 5) is 4.68. The van der Waals surface area contributed by atoms with E-state index in [9.17, 15) is 0 Å². The van der Waals surface area contributed by atoms with E-state index in [-0.39, 0.29) is 12.4 Å². The molecule has 0 bridgehead atoms. The minimum absolute atomic E-state index is 0. The number of aryl methyl sites for hydroxylation is 3. The molecule has 31 heavy (non-hydrogen) atoms. The Morgan fingerprint density at radius 2 is 1.81 bits per heavy atom. The van der Waals surface area contributed by atoms with E-state index in [0.29, 0.717) is 23.1 Å². The minimum atomic E-state index is 0. The summed E-state index contributed by atoms with van der Waals surface area (Å²) in [5.41, 5.74) is 14.8. The van der Waals surface area contributed by atoms with Gasteiger partial charge >= 0.3 is 0 Å². The van der Waals surface area contributed by atoms with Crippen LogP contribution in [0.25, 0.3) is 32.2 Å². The number of benzene rings is 2. The number of nitrogens with two attached hydrogens (primary N) is 1. The highest BCUT2D eigenvalue weighted by molar-refractivity contribution is 7.22. The van der Waals surface area contributed by atoms with Crippen molar-refractivity contribution >= 4 is 50.0 Å². The predicted molar refractivity (Wildman–Crippen MR) is 134 cm³/mol. The fourth-order valence-electron chi connectivity index (χ4n) is 5.41. The maximum absolute atomic E-state index is 6.11. The predicted octanol–water partition coefficient (Wildman–Crippen LogP) is 5.71. The molecule has 0 aliphatic carbocycles. The van der Waals surface area contributed by atoms with E-state index >= 15 is 0 Å². The number of anilines is 1. The van der Waals surface area contributed by atoms with Gasteiger partial charge in [-0.1, -0.05) is 11.3 Å². The molecule has 2 aromatic heterocycles. The van der Waals surface area contributed by atoms with Crippen LogP contribution in [0, 0.1) is 13.8 Å². The first kappa shape index (κ1) is 22.1. The number of aromatic nitrogens is 3. The molecule has 0 radical (unpaired) electrons. The Bertz CT molecular complexity index is 1260. The molecule has 2 unspecified atom stereocenters. The normalized spacial score (nSPS) is 21.5. The van der Waals surface area contributed by atoms with E-state index in [0.717, 1.165) is 23.9 Å². The van der Waals surface area contributed by atoms with Gasteiger partial charge < -0.3 is 11.1 Å². The Balaban J connectivity index is 0.00000231. The lowest BCUT2D eigenvalue weighted by Gasteiger charge is -2.35. The monoisotopic (exact) mass is 455 g/mol. The molecule has 0 saturated carbocycles. The molecule has 1 saturated heterocycles. The van der Waals surface area contributed by atoms with E-state index in [2.05, 4.69) is 67.5 Å². The molecule has 1 fully saturated rings. The lowest BCUT2D eigenvalue weighted by Crippen LogP contribution is -2.41. The Morgan fingerprint density at radius 3 is 2.52 bits per heavy atom. The van der Waals surface area contributed by atoms with Gasteiger partial charge in [-0.2, -0.15) is 5.10 Å². The van der Waals surface area contributed by atoms with Crippen LogP contribution in [0.1, 0.15) is 49.3 Å². The molecular weight excluding hydrogens is 426 g/mol. The van der Waals surface area contributed by atoms with Gasteiger partial charge in [-0.25, -0.2) is 4.98 Å². The molecule has 1 aliphatic rings. The zero-order chi connectivity index (χ0) is 21.2. The van der Waals surface area contributed by atoms with Crippen LogP contribution in [-0.2, 0) is 7.05 Å². The van der Waals surface area contributed by atoms with Gasteiger partial charge in [-0.15, -0.1) is 12.4 Å². The summed E-state index contributed by atoms with van der Waals surface area (Å²) in [5.74, 6) is 0.503. The van der Waals surface area contributed by atoms with Crippen molar-refractivity contribution in [2.45, 2.75) is 58.5 Å². The minimum Gasteiger partial charge on any atom is -0.375 e. The number of rotatable bonds is 2. The van der Waals surface area contributed by atoms with E-state index in [4.69, 9.17) is 5.73 Å². The topological polar surface area (TPSA) is 68.8 Å². The number of nitrogen functional groups attached to an aromatic ring is 1. The number of nitrogens with one attached hydrogen (secondary N) is 1. The summed E-state index contributed by atoms with van der Waals surface area (Å²) < 4.78 is 3.07. The Hall–Kier alpha value is -2.15. The van der Waals surface area contributed by atoms with Gasteiger partial charge in [0.2, 0.25) is 0 Å². The highest BCUT2D eigenvalue weighted by Gasteiger charge is 2.29. The van der Waals surface area contributed by atoms with Crippen LogP contribution < -0.4 is 11.1 Å². The Kier molecular flexibility index (Phi) is 5.75. The molecule has 164 valence electrons. The molecular formula is C24H30ClN5S. The molecule has 4 aromatic rings. The van der Waals surface area contributed by atoms with Crippen molar-refractivity contribution in [2.24, 2.45) is 7.05 Å². The largest absolute Gasteiger partial charge is 0.375 e. The number of halogens is 1. The number of thiazole rings is 1. The summed E-state index contributed by atoms with van der Waals surface area (Å²) in [6, 6.07) is 7.91. The summed E-state index contributed by atoms with van der Waals surface area (Å²) >= 11 is 1.58. The SMILES string of the molecule is Cc1cc(-c2cc3sc(N)nc3c(C)c2C2CC(C)NC(C)C2)cc2cn(C)nc12.Cl. The van der Waals surface area contributed by atoms with Crippen molar-refractivity contribution in [2.75, 3.05) is 5.73 Å². The first-order valence-corrected chi connectivity index (χ1v) is 11.5. The molecule has 0 amide bonds. The average Bonchev–Trinajstić information content (AvgIpc) is 3.22. The Labute approximate surface area is 193 Å². The number of hydrogen-bond acceptors (Lipinski definition) is 5. The molecule has 5 rings (SSSR count). The standard InChI is InChI=1S/C24H29N5S.ClH/c1-12-6-16(9-18-11-29(5)28-22(12)18)19-10-20-23(27-24(25)30-20)15(4)21(19)17-7-13(2)26-14(3)8-17;/h6,9-11,13-14,17,26H,7-8H2,1-5H3,(H2,25,27);1H. The molecule has 2 aromatic carbocycles. The zero-order valence-electron chi connectivity index (χ0n) is 18.7. The van der Waals surface area contributed by atoms with Crippen LogP contribution in [-0.4, -0.2) is 26.8 Å². The van der Waals surface area contributed by atoms with Crippen molar-refractivity contribution in [1.29, 1.82) is 0 Å². The molecule has 3 heterocycles. The van der Waals surface area contributed by atoms with E-state index in [1.54, 1.807) is 11.3 Å². The highest BCUT2D eigenvalue weighted by atomic mass is 35.5. The van der Waals surface area contributed by atoms with E-state index in [1.165, 1.54) is 37.9 Å². The fourth-order valence-corrected chi connectivity index (χ4v) is 6.25. The van der Waals surface area contributed by atoms with Crippen LogP contribution in [0.5, 0.6) is 0 Å². The number of fused-ring (bicyclic) bond motifs is 2. The third kappa shape index (κ3) is 3.81. The van der Waals surface area contributed by atoms with Gasteiger partial charge in [0.05, 0.1) is 15.7 Å². The van der Waals surface area contributed by atoms with Crippen LogP contribution in [0.15, 0.2) is 24.4 Å². The van der Waals surface area contributed by atoms with Crippen molar-refractivity contribution in [3.05, 3.63) is 41.1 Å². The van der Waals surface area contributed by atoms with E-state index in [1.807, 2.05) is 11.7 Å². The van der Waals surface area contributed by atoms with Gasteiger partial charge in [0.25, 0.3) is 0 Å². The molecule has 7 heteroatoms. The average molecular weight is 456 g/mol. The van der Waals surface area contributed by atoms with Crippen LogP contribution in [0.2, 0.25) is 0 Å². The van der Waals surface area contributed by atoms with Crippen LogP contribution >= 0.6 is 23.7 Å². The van der Waals surface area contributed by atoms with Crippen molar-refractivity contribution < 1.29 is 0 Å². The van der Waals surface area contributed by atoms with Gasteiger partial charge in [0.15, 0.2) is 5.13 Å². The van der Waals surface area contributed by atoms with Crippen LogP contribution in [0.4, 0.5) is 5.13 Å². The third-order valence-corrected chi connectivity index (χ3v) is 7.30. The highest BCUT2D eigenvalue weighted by Crippen LogP contribution is 2.43. The van der Waals surface area contributed by atoms with Crippen molar-refractivity contribution in [3.63, 3.8) is 0 Å².